The van der Waals surface area contributed by atoms with Crippen LogP contribution in [0.25, 0.3) is 0 Å². The summed E-state index contributed by atoms with van der Waals surface area (Å²) >= 11 is 5.21. The molecule has 13 heavy (non-hydrogen) atoms. The molecular formula is C8H17BN2OS. The molecular weight excluding hydrogens is 183 g/mol. The van der Waals surface area contributed by atoms with Crippen LogP contribution >= 0.6 is 12.2 Å². The molecule has 2 unspecified atom stereocenters. The van der Waals surface area contributed by atoms with Gasteiger partial charge in [-0.1, -0.05) is 12.2 Å². The van der Waals surface area contributed by atoms with Gasteiger partial charge in [0.15, 0.2) is 0 Å². The minimum absolute atomic E-state index is 0.564. The zero-order valence-electron chi connectivity index (χ0n) is 8.30. The van der Waals surface area contributed by atoms with Crippen LogP contribution in [0.15, 0.2) is 0 Å². The van der Waals surface area contributed by atoms with E-state index in [-0.39, 0.29) is 0 Å². The molecule has 0 amide bonds. The maximum absolute atomic E-state index is 5.21. The highest BCUT2D eigenvalue weighted by Gasteiger charge is 2.26. The molecule has 0 aromatic carbocycles. The lowest BCUT2D eigenvalue weighted by Crippen LogP contribution is -2.32. The molecule has 1 fully saturated rings. The average molecular weight is 200 g/mol. The van der Waals surface area contributed by atoms with Gasteiger partial charge < -0.3 is 15.2 Å². The standard InChI is InChI=1S/C8H17BN2OS/c1-10-8(13)6-3-4-7(5-6)11-9-12-2/h6-7,9,11H,3-5H2,1-2H3,(H,10,13). The fourth-order valence-electron chi connectivity index (χ4n) is 1.81. The van der Waals surface area contributed by atoms with E-state index in [1.165, 1.54) is 12.8 Å². The van der Waals surface area contributed by atoms with Crippen LogP contribution < -0.4 is 10.5 Å². The molecule has 2 N–H and O–H groups in total. The molecule has 1 rings (SSSR count). The van der Waals surface area contributed by atoms with Crippen LogP contribution in [0.1, 0.15) is 19.3 Å². The van der Waals surface area contributed by atoms with Gasteiger partial charge in [-0.15, -0.1) is 0 Å². The summed E-state index contributed by atoms with van der Waals surface area (Å²) < 4.78 is 4.97. The highest BCUT2D eigenvalue weighted by Crippen LogP contribution is 2.25. The zero-order chi connectivity index (χ0) is 9.68. The Kier molecular flexibility index (Phi) is 4.69. The Labute approximate surface area is 85.9 Å². The number of hydrogen-bond acceptors (Lipinski definition) is 3. The van der Waals surface area contributed by atoms with Gasteiger partial charge in [0.25, 0.3) is 0 Å². The molecule has 0 radical (unpaired) electrons. The monoisotopic (exact) mass is 200 g/mol. The molecule has 0 heterocycles. The number of thiocarbonyl (C=S) groups is 1. The summed E-state index contributed by atoms with van der Waals surface area (Å²) in [6.45, 7) is 0. The van der Waals surface area contributed by atoms with Crippen molar-refractivity contribution in [3.63, 3.8) is 0 Å². The molecule has 0 spiro atoms. The Bertz CT molecular complexity index is 180. The summed E-state index contributed by atoms with van der Waals surface area (Å²) in [5, 5.41) is 6.39. The van der Waals surface area contributed by atoms with Gasteiger partial charge in [0.2, 0.25) is 0 Å². The molecule has 2 atom stereocenters. The molecule has 3 nitrogen and oxygen atoms in total. The minimum Gasteiger partial charge on any atom is -0.427 e. The smallest absolute Gasteiger partial charge is 0.360 e. The first-order valence-corrected chi connectivity index (χ1v) is 5.12. The maximum atomic E-state index is 5.21. The Hall–Kier alpha value is -0.125. The van der Waals surface area contributed by atoms with Crippen LogP contribution in [0.2, 0.25) is 0 Å². The van der Waals surface area contributed by atoms with Crippen LogP contribution in [-0.4, -0.2) is 32.8 Å². The van der Waals surface area contributed by atoms with Gasteiger partial charge in [0.1, 0.15) is 0 Å². The van der Waals surface area contributed by atoms with Gasteiger partial charge >= 0.3 is 7.62 Å². The summed E-state index contributed by atoms with van der Waals surface area (Å²) in [6, 6.07) is 0.580. The van der Waals surface area contributed by atoms with Crippen molar-refractivity contribution in [2.24, 2.45) is 5.92 Å². The summed E-state index contributed by atoms with van der Waals surface area (Å²) in [7, 11) is 4.25. The van der Waals surface area contributed by atoms with Gasteiger partial charge in [0.05, 0.1) is 4.99 Å². The largest absolute Gasteiger partial charge is 0.427 e. The third-order valence-electron chi connectivity index (χ3n) is 2.57. The first-order chi connectivity index (χ1) is 6.27. The summed E-state index contributed by atoms with van der Waals surface area (Å²) in [4.78, 5) is 1.00. The van der Waals surface area contributed by atoms with E-state index in [9.17, 15) is 0 Å². The summed E-state index contributed by atoms with van der Waals surface area (Å²) in [5.41, 5.74) is 0. The van der Waals surface area contributed by atoms with Crippen molar-refractivity contribution in [2.75, 3.05) is 14.2 Å². The molecule has 1 aliphatic carbocycles. The van der Waals surface area contributed by atoms with Crippen LogP contribution in [0.3, 0.4) is 0 Å². The van der Waals surface area contributed by atoms with E-state index < -0.39 is 0 Å². The van der Waals surface area contributed by atoms with Crippen molar-refractivity contribution in [3.05, 3.63) is 0 Å². The molecule has 0 aliphatic heterocycles. The van der Waals surface area contributed by atoms with Crippen LogP contribution in [-0.2, 0) is 4.65 Å². The normalized spacial score (nSPS) is 27.2. The average Bonchev–Trinajstić information content (AvgIpc) is 2.62. The van der Waals surface area contributed by atoms with Gasteiger partial charge in [-0.25, -0.2) is 0 Å². The van der Waals surface area contributed by atoms with Gasteiger partial charge in [-0.05, 0) is 25.3 Å². The van der Waals surface area contributed by atoms with E-state index in [0.29, 0.717) is 19.6 Å². The van der Waals surface area contributed by atoms with Crippen molar-refractivity contribution in [1.82, 2.24) is 10.5 Å². The van der Waals surface area contributed by atoms with E-state index in [1.54, 1.807) is 7.11 Å². The second-order valence-corrected chi connectivity index (χ2v) is 3.90. The second kappa shape index (κ2) is 5.57. The molecule has 74 valence electrons. The number of nitrogens with one attached hydrogen (secondary N) is 2. The SMILES string of the molecule is CNC(=S)C1CCC(NBOC)C1. The van der Waals surface area contributed by atoms with E-state index in [1.807, 2.05) is 7.05 Å². The fraction of sp³-hybridized carbons (Fsp3) is 0.875. The zero-order valence-corrected chi connectivity index (χ0v) is 9.12. The Balaban J connectivity index is 2.23. The second-order valence-electron chi connectivity index (χ2n) is 3.46. The topological polar surface area (TPSA) is 33.3 Å². The lowest BCUT2D eigenvalue weighted by Gasteiger charge is -2.12. The molecule has 0 bridgehead atoms. The first kappa shape index (κ1) is 11.0. The van der Waals surface area contributed by atoms with Gasteiger partial charge in [-0.3, -0.25) is 0 Å². The van der Waals surface area contributed by atoms with E-state index in [2.05, 4.69) is 10.5 Å². The van der Waals surface area contributed by atoms with Crippen LogP contribution in [0.4, 0.5) is 0 Å². The Morgan fingerprint density at radius 1 is 1.54 bits per heavy atom. The lowest BCUT2D eigenvalue weighted by atomic mass is 10.1. The van der Waals surface area contributed by atoms with Crippen molar-refractivity contribution in [1.29, 1.82) is 0 Å². The molecule has 1 aliphatic rings. The van der Waals surface area contributed by atoms with Gasteiger partial charge in [-0.2, -0.15) is 0 Å². The van der Waals surface area contributed by atoms with Crippen molar-refractivity contribution in [2.45, 2.75) is 25.3 Å². The quantitative estimate of drug-likeness (QED) is 0.502. The summed E-state index contributed by atoms with van der Waals surface area (Å²) in [6.07, 6.45) is 3.54. The number of rotatable bonds is 4. The summed E-state index contributed by atoms with van der Waals surface area (Å²) in [5.74, 6) is 0.564. The van der Waals surface area contributed by atoms with Crippen LogP contribution in [0.5, 0.6) is 0 Å². The fourth-order valence-corrected chi connectivity index (χ4v) is 2.02. The minimum atomic E-state index is 0.564. The van der Waals surface area contributed by atoms with Crippen molar-refractivity contribution in [3.8, 4) is 0 Å². The maximum Gasteiger partial charge on any atom is 0.360 e. The molecule has 0 saturated heterocycles. The van der Waals surface area contributed by atoms with E-state index in [0.717, 1.165) is 11.4 Å². The van der Waals surface area contributed by atoms with Crippen molar-refractivity contribution < 1.29 is 4.65 Å². The van der Waals surface area contributed by atoms with Crippen molar-refractivity contribution >= 4 is 24.8 Å². The highest BCUT2D eigenvalue weighted by atomic mass is 32.1. The number of hydrogen-bond donors (Lipinski definition) is 2. The molecule has 1 saturated carbocycles. The molecule has 0 aromatic heterocycles. The van der Waals surface area contributed by atoms with Gasteiger partial charge in [0, 0.05) is 20.1 Å². The Morgan fingerprint density at radius 2 is 2.31 bits per heavy atom. The van der Waals surface area contributed by atoms with Crippen LogP contribution in [0, 0.1) is 5.92 Å². The predicted molar refractivity (Wildman–Crippen MR) is 60.1 cm³/mol. The molecule has 0 aromatic rings. The third kappa shape index (κ3) is 3.25. The Morgan fingerprint density at radius 3 is 2.92 bits per heavy atom. The molecule has 5 heteroatoms. The third-order valence-corrected chi connectivity index (χ3v) is 3.10. The highest BCUT2D eigenvalue weighted by molar-refractivity contribution is 7.80. The van der Waals surface area contributed by atoms with E-state index >= 15 is 0 Å². The van der Waals surface area contributed by atoms with E-state index in [4.69, 9.17) is 16.9 Å². The first-order valence-electron chi connectivity index (χ1n) is 4.71. The predicted octanol–water partition coefficient (Wildman–Crippen LogP) is 0.204. The lowest BCUT2D eigenvalue weighted by molar-refractivity contribution is 0.420.